The fourth-order valence-corrected chi connectivity index (χ4v) is 2.27. The summed E-state index contributed by atoms with van der Waals surface area (Å²) in [5.41, 5.74) is 4.17. The number of hydrogen-bond acceptors (Lipinski definition) is 2. The summed E-state index contributed by atoms with van der Waals surface area (Å²) in [5, 5.41) is 3.61. The van der Waals surface area contributed by atoms with Gasteiger partial charge in [0.15, 0.2) is 0 Å². The third kappa shape index (κ3) is 2.51. The molecule has 1 aliphatic heterocycles. The monoisotopic (exact) mass is 204 g/mol. The maximum absolute atomic E-state index is 3.61. The van der Waals surface area contributed by atoms with Crippen molar-refractivity contribution < 1.29 is 0 Å². The van der Waals surface area contributed by atoms with E-state index in [9.17, 15) is 0 Å². The standard InChI is InChI=1S/C13H20N2/c1-10-4-7-13-11(8-10)5-6-12(14-13)9-15(2)3/h4,7-8,12,14H,5-6,9H2,1-3H3. The van der Waals surface area contributed by atoms with E-state index in [1.807, 2.05) is 0 Å². The van der Waals surface area contributed by atoms with E-state index in [1.54, 1.807) is 0 Å². The van der Waals surface area contributed by atoms with Crippen molar-refractivity contribution in [1.82, 2.24) is 4.90 Å². The van der Waals surface area contributed by atoms with Crippen LogP contribution >= 0.6 is 0 Å². The lowest BCUT2D eigenvalue weighted by atomic mass is 9.96. The number of benzene rings is 1. The van der Waals surface area contributed by atoms with Gasteiger partial charge in [-0.1, -0.05) is 17.7 Å². The van der Waals surface area contributed by atoms with Crippen LogP contribution in [0.5, 0.6) is 0 Å². The fraction of sp³-hybridized carbons (Fsp3) is 0.538. The molecule has 0 fully saturated rings. The lowest BCUT2D eigenvalue weighted by Gasteiger charge is -2.29. The minimum atomic E-state index is 0.607. The minimum absolute atomic E-state index is 0.607. The Bertz CT molecular complexity index is 344. The molecule has 1 N–H and O–H groups in total. The summed E-state index contributed by atoms with van der Waals surface area (Å²) in [6.45, 7) is 3.28. The summed E-state index contributed by atoms with van der Waals surface area (Å²) in [6, 6.07) is 7.31. The van der Waals surface area contributed by atoms with Crippen LogP contribution in [0.3, 0.4) is 0 Å². The normalized spacial score (nSPS) is 19.9. The molecule has 0 saturated carbocycles. The van der Waals surface area contributed by atoms with Gasteiger partial charge in [-0.15, -0.1) is 0 Å². The number of likely N-dealkylation sites (N-methyl/N-ethyl adjacent to an activating group) is 1. The first kappa shape index (κ1) is 10.5. The van der Waals surface area contributed by atoms with Crippen LogP contribution in [-0.2, 0) is 6.42 Å². The number of nitrogens with one attached hydrogen (secondary N) is 1. The molecule has 0 saturated heterocycles. The molecule has 0 spiro atoms. The van der Waals surface area contributed by atoms with Gasteiger partial charge in [0.05, 0.1) is 0 Å². The summed E-state index contributed by atoms with van der Waals surface area (Å²) in [7, 11) is 4.26. The molecule has 2 nitrogen and oxygen atoms in total. The predicted octanol–water partition coefficient (Wildman–Crippen LogP) is 2.28. The molecule has 0 aromatic heterocycles. The van der Waals surface area contributed by atoms with Crippen molar-refractivity contribution in [1.29, 1.82) is 0 Å². The van der Waals surface area contributed by atoms with Crippen LogP contribution in [0.4, 0.5) is 5.69 Å². The molecule has 1 unspecified atom stereocenters. The largest absolute Gasteiger partial charge is 0.381 e. The molecule has 0 aliphatic carbocycles. The Kier molecular flexibility index (Phi) is 2.96. The topological polar surface area (TPSA) is 15.3 Å². The Balaban J connectivity index is 2.10. The maximum Gasteiger partial charge on any atom is 0.0391 e. The highest BCUT2D eigenvalue weighted by Gasteiger charge is 2.17. The quantitative estimate of drug-likeness (QED) is 0.795. The van der Waals surface area contributed by atoms with E-state index in [0.717, 1.165) is 6.54 Å². The molecule has 0 bridgehead atoms. The van der Waals surface area contributed by atoms with Crippen molar-refractivity contribution in [2.24, 2.45) is 0 Å². The number of hydrogen-bond donors (Lipinski definition) is 1. The molecule has 1 aromatic rings. The average Bonchev–Trinajstić information content (AvgIpc) is 2.17. The molecule has 1 aliphatic rings. The minimum Gasteiger partial charge on any atom is -0.381 e. The predicted molar refractivity (Wildman–Crippen MR) is 65.5 cm³/mol. The Hall–Kier alpha value is -1.02. The number of fused-ring (bicyclic) bond motifs is 1. The third-order valence-corrected chi connectivity index (χ3v) is 2.97. The Morgan fingerprint density at radius 2 is 2.20 bits per heavy atom. The maximum atomic E-state index is 3.61. The highest BCUT2D eigenvalue weighted by atomic mass is 15.1. The first-order valence-electron chi connectivity index (χ1n) is 5.66. The lowest BCUT2D eigenvalue weighted by Crippen LogP contribution is -2.35. The van der Waals surface area contributed by atoms with E-state index < -0.39 is 0 Å². The second kappa shape index (κ2) is 4.23. The van der Waals surface area contributed by atoms with Crippen molar-refractivity contribution in [3.05, 3.63) is 29.3 Å². The molecule has 15 heavy (non-hydrogen) atoms. The summed E-state index contributed by atoms with van der Waals surface area (Å²) in [5.74, 6) is 0. The van der Waals surface area contributed by atoms with Gasteiger partial charge in [0, 0.05) is 18.3 Å². The molecular formula is C13H20N2. The van der Waals surface area contributed by atoms with Crippen molar-refractivity contribution in [2.75, 3.05) is 26.0 Å². The highest BCUT2D eigenvalue weighted by Crippen LogP contribution is 2.25. The second-order valence-electron chi connectivity index (χ2n) is 4.80. The van der Waals surface area contributed by atoms with E-state index in [1.165, 1.54) is 29.7 Å². The molecule has 0 amide bonds. The zero-order valence-corrected chi connectivity index (χ0v) is 9.88. The molecule has 2 rings (SSSR count). The van der Waals surface area contributed by atoms with Gasteiger partial charge in [-0.2, -0.15) is 0 Å². The van der Waals surface area contributed by atoms with Crippen LogP contribution in [0, 0.1) is 6.92 Å². The number of aryl methyl sites for hydroxylation is 2. The van der Waals surface area contributed by atoms with E-state index >= 15 is 0 Å². The highest BCUT2D eigenvalue weighted by molar-refractivity contribution is 5.55. The Labute approximate surface area is 92.3 Å². The van der Waals surface area contributed by atoms with Crippen LogP contribution in [0.2, 0.25) is 0 Å². The Morgan fingerprint density at radius 1 is 1.40 bits per heavy atom. The summed E-state index contributed by atoms with van der Waals surface area (Å²) in [6.07, 6.45) is 2.46. The van der Waals surface area contributed by atoms with Gasteiger partial charge in [-0.25, -0.2) is 0 Å². The summed E-state index contributed by atoms with van der Waals surface area (Å²) >= 11 is 0. The molecule has 0 radical (unpaired) electrons. The van der Waals surface area contributed by atoms with Crippen LogP contribution in [-0.4, -0.2) is 31.6 Å². The van der Waals surface area contributed by atoms with Gasteiger partial charge < -0.3 is 10.2 Å². The molecule has 1 atom stereocenters. The van der Waals surface area contributed by atoms with Crippen LogP contribution < -0.4 is 5.32 Å². The van der Waals surface area contributed by atoms with E-state index in [2.05, 4.69) is 49.4 Å². The first-order valence-corrected chi connectivity index (χ1v) is 5.66. The first-order chi connectivity index (χ1) is 7.15. The fourth-order valence-electron chi connectivity index (χ4n) is 2.27. The SMILES string of the molecule is Cc1ccc2c(c1)CCC(CN(C)C)N2. The summed E-state index contributed by atoms with van der Waals surface area (Å²) < 4.78 is 0. The van der Waals surface area contributed by atoms with Crippen molar-refractivity contribution in [2.45, 2.75) is 25.8 Å². The van der Waals surface area contributed by atoms with Gasteiger partial charge in [0.25, 0.3) is 0 Å². The van der Waals surface area contributed by atoms with Crippen LogP contribution in [0.15, 0.2) is 18.2 Å². The van der Waals surface area contributed by atoms with Gasteiger partial charge in [0.2, 0.25) is 0 Å². The van der Waals surface area contributed by atoms with Crippen molar-refractivity contribution >= 4 is 5.69 Å². The zero-order chi connectivity index (χ0) is 10.8. The van der Waals surface area contributed by atoms with Gasteiger partial charge in [-0.05, 0) is 45.5 Å². The second-order valence-corrected chi connectivity index (χ2v) is 4.80. The Morgan fingerprint density at radius 3 is 2.93 bits per heavy atom. The molecule has 82 valence electrons. The van der Waals surface area contributed by atoms with E-state index in [0.29, 0.717) is 6.04 Å². The third-order valence-electron chi connectivity index (χ3n) is 2.97. The van der Waals surface area contributed by atoms with Crippen LogP contribution in [0.1, 0.15) is 17.5 Å². The molecule has 1 heterocycles. The van der Waals surface area contributed by atoms with Crippen molar-refractivity contribution in [3.63, 3.8) is 0 Å². The van der Waals surface area contributed by atoms with Crippen LogP contribution in [0.25, 0.3) is 0 Å². The number of nitrogens with zero attached hydrogens (tertiary/aromatic N) is 1. The van der Waals surface area contributed by atoms with E-state index in [4.69, 9.17) is 0 Å². The molecular weight excluding hydrogens is 184 g/mol. The zero-order valence-electron chi connectivity index (χ0n) is 9.88. The summed E-state index contributed by atoms with van der Waals surface area (Å²) in [4.78, 5) is 2.25. The number of rotatable bonds is 2. The number of anilines is 1. The van der Waals surface area contributed by atoms with E-state index in [-0.39, 0.29) is 0 Å². The van der Waals surface area contributed by atoms with Gasteiger partial charge >= 0.3 is 0 Å². The molecule has 2 heteroatoms. The van der Waals surface area contributed by atoms with Gasteiger partial charge in [0.1, 0.15) is 0 Å². The lowest BCUT2D eigenvalue weighted by molar-refractivity contribution is 0.371. The average molecular weight is 204 g/mol. The van der Waals surface area contributed by atoms with Crippen molar-refractivity contribution in [3.8, 4) is 0 Å². The molecule has 1 aromatic carbocycles. The smallest absolute Gasteiger partial charge is 0.0391 e. The van der Waals surface area contributed by atoms with Gasteiger partial charge in [-0.3, -0.25) is 0 Å².